The summed E-state index contributed by atoms with van der Waals surface area (Å²) in [5.41, 5.74) is -0.697. The van der Waals surface area contributed by atoms with Crippen molar-refractivity contribution in [3.05, 3.63) is 21.9 Å². The number of halogens is 2. The standard InChI is InChI=1S/C7H4BrFO4/c8-5-2(9)1-3(10)6(11)4(5)7(12)13/h1,10-11H,(H,12,13). The van der Waals surface area contributed by atoms with Crippen LogP contribution in [0, 0.1) is 5.82 Å². The van der Waals surface area contributed by atoms with Gasteiger partial charge in [0.05, 0.1) is 4.47 Å². The van der Waals surface area contributed by atoms with Crippen LogP contribution in [0.2, 0.25) is 0 Å². The molecule has 6 heteroatoms. The molecule has 0 saturated heterocycles. The quantitative estimate of drug-likeness (QED) is 0.664. The van der Waals surface area contributed by atoms with Crippen LogP contribution >= 0.6 is 15.9 Å². The lowest BCUT2D eigenvalue weighted by atomic mass is 10.2. The van der Waals surface area contributed by atoms with Crippen molar-refractivity contribution in [2.75, 3.05) is 0 Å². The molecule has 0 aliphatic heterocycles. The minimum absolute atomic E-state index is 0.393. The van der Waals surface area contributed by atoms with Crippen molar-refractivity contribution in [3.63, 3.8) is 0 Å². The van der Waals surface area contributed by atoms with Crippen LogP contribution in [-0.4, -0.2) is 21.3 Å². The topological polar surface area (TPSA) is 77.8 Å². The Kier molecular flexibility index (Phi) is 2.42. The lowest BCUT2D eigenvalue weighted by Gasteiger charge is -2.04. The first-order chi connectivity index (χ1) is 5.95. The highest BCUT2D eigenvalue weighted by atomic mass is 79.9. The first-order valence-electron chi connectivity index (χ1n) is 3.08. The molecule has 1 aromatic rings. The Bertz CT molecular complexity index is 351. The third-order valence-electron chi connectivity index (χ3n) is 1.39. The molecule has 1 aromatic carbocycles. The minimum Gasteiger partial charge on any atom is -0.504 e. The molecule has 0 unspecified atom stereocenters. The highest BCUT2D eigenvalue weighted by molar-refractivity contribution is 9.10. The molecular formula is C7H4BrFO4. The maximum Gasteiger partial charge on any atom is 0.340 e. The van der Waals surface area contributed by atoms with E-state index in [4.69, 9.17) is 15.3 Å². The van der Waals surface area contributed by atoms with E-state index in [-0.39, 0.29) is 0 Å². The van der Waals surface area contributed by atoms with Crippen LogP contribution in [0.25, 0.3) is 0 Å². The first-order valence-corrected chi connectivity index (χ1v) is 3.87. The third-order valence-corrected chi connectivity index (χ3v) is 2.16. The van der Waals surface area contributed by atoms with Crippen molar-refractivity contribution in [3.8, 4) is 11.5 Å². The van der Waals surface area contributed by atoms with Gasteiger partial charge in [0.25, 0.3) is 0 Å². The number of benzene rings is 1. The van der Waals surface area contributed by atoms with Crippen molar-refractivity contribution in [2.45, 2.75) is 0 Å². The summed E-state index contributed by atoms with van der Waals surface area (Å²) in [5, 5.41) is 26.5. The number of carboxylic acids is 1. The van der Waals surface area contributed by atoms with Crippen molar-refractivity contribution in [2.24, 2.45) is 0 Å². The summed E-state index contributed by atoms with van der Waals surface area (Å²) in [4.78, 5) is 10.5. The number of carbonyl (C=O) groups is 1. The minimum atomic E-state index is -1.53. The number of hydrogen-bond donors (Lipinski definition) is 3. The average molecular weight is 251 g/mol. The zero-order valence-electron chi connectivity index (χ0n) is 6.08. The summed E-state index contributed by atoms with van der Waals surface area (Å²) in [5.74, 6) is -4.15. The molecule has 13 heavy (non-hydrogen) atoms. The van der Waals surface area contributed by atoms with Gasteiger partial charge in [-0.3, -0.25) is 0 Å². The Labute approximate surface area is 80.4 Å². The molecule has 0 heterocycles. The second-order valence-corrected chi connectivity index (χ2v) is 3.01. The zero-order chi connectivity index (χ0) is 10.2. The molecule has 0 spiro atoms. The van der Waals surface area contributed by atoms with Gasteiger partial charge in [-0.1, -0.05) is 0 Å². The van der Waals surface area contributed by atoms with Gasteiger partial charge in [0.15, 0.2) is 11.5 Å². The fourth-order valence-electron chi connectivity index (χ4n) is 0.798. The van der Waals surface area contributed by atoms with Gasteiger partial charge in [-0.05, 0) is 15.9 Å². The van der Waals surface area contributed by atoms with Crippen LogP contribution in [0.3, 0.4) is 0 Å². The van der Waals surface area contributed by atoms with Crippen LogP contribution < -0.4 is 0 Å². The Morgan fingerprint density at radius 2 is 2.00 bits per heavy atom. The molecule has 0 radical (unpaired) electrons. The summed E-state index contributed by atoms with van der Waals surface area (Å²) >= 11 is 2.64. The van der Waals surface area contributed by atoms with Gasteiger partial charge in [0.2, 0.25) is 0 Å². The predicted octanol–water partition coefficient (Wildman–Crippen LogP) is 1.70. The lowest BCUT2D eigenvalue weighted by molar-refractivity contribution is 0.0691. The van der Waals surface area contributed by atoms with E-state index in [1.165, 1.54) is 0 Å². The maximum absolute atomic E-state index is 12.8. The number of phenols is 2. The molecule has 0 fully saturated rings. The van der Waals surface area contributed by atoms with Crippen LogP contribution in [-0.2, 0) is 0 Å². The summed E-state index contributed by atoms with van der Waals surface area (Å²) in [6.45, 7) is 0. The molecule has 0 saturated carbocycles. The lowest BCUT2D eigenvalue weighted by Crippen LogP contribution is -2.00. The molecule has 1 rings (SSSR count). The number of aromatic carboxylic acids is 1. The largest absolute Gasteiger partial charge is 0.504 e. The summed E-state index contributed by atoms with van der Waals surface area (Å²) in [6, 6.07) is 0.617. The smallest absolute Gasteiger partial charge is 0.340 e. The van der Waals surface area contributed by atoms with E-state index in [1.54, 1.807) is 0 Å². The van der Waals surface area contributed by atoms with Crippen LogP contribution in [0.15, 0.2) is 10.5 Å². The highest BCUT2D eigenvalue weighted by Gasteiger charge is 2.21. The number of rotatable bonds is 1. The van der Waals surface area contributed by atoms with Gasteiger partial charge in [-0.15, -0.1) is 0 Å². The number of hydrogen-bond acceptors (Lipinski definition) is 3. The molecule has 0 aromatic heterocycles. The second-order valence-electron chi connectivity index (χ2n) is 2.22. The van der Waals surface area contributed by atoms with E-state index in [0.29, 0.717) is 6.07 Å². The molecule has 4 nitrogen and oxygen atoms in total. The van der Waals surface area contributed by atoms with Gasteiger partial charge in [-0.25, -0.2) is 9.18 Å². The fourth-order valence-corrected chi connectivity index (χ4v) is 1.27. The molecule has 0 aliphatic carbocycles. The molecule has 70 valence electrons. The number of aromatic hydroxyl groups is 2. The molecule has 3 N–H and O–H groups in total. The van der Waals surface area contributed by atoms with Gasteiger partial charge in [0.1, 0.15) is 11.4 Å². The van der Waals surface area contributed by atoms with Gasteiger partial charge in [0, 0.05) is 6.07 Å². The molecule has 0 aliphatic rings. The summed E-state index contributed by atoms with van der Waals surface area (Å²) < 4.78 is 12.4. The van der Waals surface area contributed by atoms with Gasteiger partial charge in [-0.2, -0.15) is 0 Å². The van der Waals surface area contributed by atoms with Crippen molar-refractivity contribution in [1.82, 2.24) is 0 Å². The Morgan fingerprint density at radius 1 is 1.46 bits per heavy atom. The van der Waals surface area contributed by atoms with Crippen molar-refractivity contribution in [1.29, 1.82) is 0 Å². The monoisotopic (exact) mass is 250 g/mol. The Balaban J connectivity index is 3.56. The molecular weight excluding hydrogens is 247 g/mol. The number of carboxylic acid groups (broad SMARTS) is 1. The van der Waals surface area contributed by atoms with E-state index in [0.717, 1.165) is 0 Å². The Hall–Kier alpha value is -1.30. The van der Waals surface area contributed by atoms with E-state index in [2.05, 4.69) is 15.9 Å². The zero-order valence-corrected chi connectivity index (χ0v) is 7.67. The van der Waals surface area contributed by atoms with Crippen LogP contribution in [0.1, 0.15) is 10.4 Å². The first kappa shape index (κ1) is 9.79. The summed E-state index contributed by atoms with van der Waals surface area (Å²) in [6.07, 6.45) is 0. The highest BCUT2D eigenvalue weighted by Crippen LogP contribution is 2.36. The van der Waals surface area contributed by atoms with Gasteiger partial charge >= 0.3 is 5.97 Å². The Morgan fingerprint density at radius 3 is 2.46 bits per heavy atom. The van der Waals surface area contributed by atoms with Crippen molar-refractivity contribution < 1.29 is 24.5 Å². The number of phenolic OH excluding ortho intramolecular Hbond substituents is 1. The van der Waals surface area contributed by atoms with Crippen LogP contribution in [0.5, 0.6) is 11.5 Å². The molecule has 0 bridgehead atoms. The van der Waals surface area contributed by atoms with Gasteiger partial charge < -0.3 is 15.3 Å². The normalized spacial score (nSPS) is 10.0. The van der Waals surface area contributed by atoms with Crippen LogP contribution in [0.4, 0.5) is 4.39 Å². The van der Waals surface area contributed by atoms with E-state index in [1.807, 2.05) is 0 Å². The van der Waals surface area contributed by atoms with E-state index in [9.17, 15) is 9.18 Å². The maximum atomic E-state index is 12.8. The average Bonchev–Trinajstić information content (AvgIpc) is 2.01. The fraction of sp³-hybridized carbons (Fsp3) is 0. The van der Waals surface area contributed by atoms with E-state index < -0.39 is 33.3 Å². The molecule has 0 atom stereocenters. The second kappa shape index (κ2) is 3.21. The van der Waals surface area contributed by atoms with Crippen molar-refractivity contribution >= 4 is 21.9 Å². The van der Waals surface area contributed by atoms with E-state index >= 15 is 0 Å². The third kappa shape index (κ3) is 1.57. The summed E-state index contributed by atoms with van der Waals surface area (Å²) in [7, 11) is 0. The SMILES string of the molecule is O=C(O)c1c(O)c(O)cc(F)c1Br. The predicted molar refractivity (Wildman–Crippen MR) is 44.4 cm³/mol. The molecule has 0 amide bonds.